The number of benzene rings is 1. The average molecular weight is 491 g/mol. The highest BCUT2D eigenvalue weighted by atomic mass is 19.1. The molecule has 184 valence electrons. The molecule has 2 N–H and O–H groups in total. The van der Waals surface area contributed by atoms with Crippen LogP contribution >= 0.6 is 0 Å². The Labute approximate surface area is 204 Å². The fourth-order valence-electron chi connectivity index (χ4n) is 4.10. The van der Waals surface area contributed by atoms with Crippen LogP contribution < -0.4 is 10.9 Å². The Morgan fingerprint density at radius 1 is 1.31 bits per heavy atom. The van der Waals surface area contributed by atoms with Crippen LogP contribution in [-0.4, -0.2) is 35.5 Å². The molecule has 12 heteroatoms. The molecular weight excluding hydrogens is 469 g/mol. The van der Waals surface area contributed by atoms with E-state index < -0.39 is 40.6 Å². The summed E-state index contributed by atoms with van der Waals surface area (Å²) in [5, 5.41) is 30.6. The predicted octanol–water partition coefficient (Wildman–Crippen LogP) is 2.71. The van der Waals surface area contributed by atoms with Gasteiger partial charge in [0.1, 0.15) is 23.6 Å². The molecule has 2 atom stereocenters. The van der Waals surface area contributed by atoms with Crippen molar-refractivity contribution in [3.05, 3.63) is 86.9 Å². The van der Waals surface area contributed by atoms with E-state index >= 15 is 0 Å². The molecule has 0 aliphatic heterocycles. The molecule has 36 heavy (non-hydrogen) atoms. The SMILES string of the molecule is Cc1cc([C@@H](c2cc(F)ccc2C#N)[C@@H](C)c2nc(C(=O)Nc3cnoc3)c(O)c(=O)n2C)nn1C. The van der Waals surface area contributed by atoms with Crippen molar-refractivity contribution < 1.29 is 18.8 Å². The quantitative estimate of drug-likeness (QED) is 0.418. The molecule has 0 bridgehead atoms. The molecule has 0 spiro atoms. The molecule has 0 aliphatic carbocycles. The molecular formula is C24H22FN7O4. The van der Waals surface area contributed by atoms with Crippen molar-refractivity contribution in [2.45, 2.75) is 25.7 Å². The lowest BCUT2D eigenvalue weighted by atomic mass is 9.81. The Morgan fingerprint density at radius 2 is 2.06 bits per heavy atom. The third-order valence-electron chi connectivity index (χ3n) is 6.03. The number of nitrogens with zero attached hydrogens (tertiary/aromatic N) is 6. The van der Waals surface area contributed by atoms with Gasteiger partial charge in [-0.25, -0.2) is 9.37 Å². The number of rotatable bonds is 6. The second-order valence-electron chi connectivity index (χ2n) is 8.34. The first-order valence-corrected chi connectivity index (χ1v) is 10.8. The van der Waals surface area contributed by atoms with Gasteiger partial charge in [0.25, 0.3) is 11.5 Å². The number of aryl methyl sites for hydroxylation is 2. The van der Waals surface area contributed by atoms with Crippen molar-refractivity contribution in [2.75, 3.05) is 5.32 Å². The summed E-state index contributed by atoms with van der Waals surface area (Å²) in [5.74, 6) is -3.52. The maximum Gasteiger partial charge on any atom is 0.296 e. The molecule has 0 fully saturated rings. The van der Waals surface area contributed by atoms with E-state index in [9.17, 15) is 24.3 Å². The maximum atomic E-state index is 14.4. The minimum Gasteiger partial charge on any atom is -0.501 e. The van der Waals surface area contributed by atoms with Crippen LogP contribution in [0.15, 0.2) is 46.0 Å². The van der Waals surface area contributed by atoms with Crippen molar-refractivity contribution >= 4 is 11.6 Å². The van der Waals surface area contributed by atoms with Gasteiger partial charge in [-0.2, -0.15) is 10.4 Å². The molecule has 1 amide bonds. The molecule has 1 aromatic carbocycles. The van der Waals surface area contributed by atoms with Gasteiger partial charge in [-0.05, 0) is 36.8 Å². The summed E-state index contributed by atoms with van der Waals surface area (Å²) in [5.41, 5.74) is 0.763. The molecule has 11 nitrogen and oxygen atoms in total. The number of carbonyl (C=O) groups excluding carboxylic acids is 1. The van der Waals surface area contributed by atoms with Crippen molar-refractivity contribution in [1.82, 2.24) is 24.5 Å². The molecule has 4 aromatic rings. The van der Waals surface area contributed by atoms with E-state index in [0.29, 0.717) is 11.3 Å². The van der Waals surface area contributed by atoms with E-state index in [4.69, 9.17) is 0 Å². The number of aromatic hydroxyl groups is 1. The van der Waals surface area contributed by atoms with Gasteiger partial charge >= 0.3 is 0 Å². The Morgan fingerprint density at radius 3 is 2.67 bits per heavy atom. The molecule has 0 saturated carbocycles. The summed E-state index contributed by atoms with van der Waals surface area (Å²) >= 11 is 0. The molecule has 3 aromatic heterocycles. The summed E-state index contributed by atoms with van der Waals surface area (Å²) in [6, 6.07) is 7.70. The standard InChI is InChI=1S/C24H22FN7O4/c1-12-7-18(30-32(12)4)19(17-8-15(25)6-5-14(17)9-26)13(2)22-29-20(21(33)24(35)31(22)3)23(34)28-16-10-27-36-11-16/h5-8,10-11,13,19,33H,1-4H3,(H,28,34)/t13-,19-/m1/s1. The number of nitriles is 1. The maximum absolute atomic E-state index is 14.4. The summed E-state index contributed by atoms with van der Waals surface area (Å²) in [6.07, 6.45) is 2.42. The van der Waals surface area contributed by atoms with Crippen LogP contribution in [0.1, 0.15) is 57.6 Å². The molecule has 0 radical (unpaired) electrons. The number of hydrogen-bond donors (Lipinski definition) is 2. The first-order chi connectivity index (χ1) is 17.1. The lowest BCUT2D eigenvalue weighted by Gasteiger charge is -2.25. The lowest BCUT2D eigenvalue weighted by Crippen LogP contribution is -2.29. The predicted molar refractivity (Wildman–Crippen MR) is 125 cm³/mol. The zero-order valence-electron chi connectivity index (χ0n) is 19.9. The summed E-state index contributed by atoms with van der Waals surface area (Å²) in [6.45, 7) is 3.57. The summed E-state index contributed by atoms with van der Waals surface area (Å²) in [4.78, 5) is 30.0. The third kappa shape index (κ3) is 4.34. The Balaban J connectivity index is 1.89. The number of anilines is 1. The second kappa shape index (κ2) is 9.46. The highest BCUT2D eigenvalue weighted by Crippen LogP contribution is 2.39. The average Bonchev–Trinajstić information content (AvgIpc) is 3.47. The van der Waals surface area contributed by atoms with Crippen molar-refractivity contribution in [1.29, 1.82) is 5.26 Å². The highest BCUT2D eigenvalue weighted by Gasteiger charge is 2.32. The second-order valence-corrected chi connectivity index (χ2v) is 8.34. The van der Waals surface area contributed by atoms with Gasteiger partial charge in [0, 0.05) is 31.6 Å². The lowest BCUT2D eigenvalue weighted by molar-refractivity contribution is 0.101. The number of hydrogen-bond acceptors (Lipinski definition) is 8. The first kappa shape index (κ1) is 24.3. The number of carbonyl (C=O) groups is 1. The molecule has 0 aliphatic rings. The number of nitrogens with one attached hydrogen (secondary N) is 1. The number of halogens is 1. The zero-order valence-corrected chi connectivity index (χ0v) is 19.9. The van der Waals surface area contributed by atoms with E-state index in [1.807, 2.05) is 6.92 Å². The van der Waals surface area contributed by atoms with Crippen LogP contribution in [0.5, 0.6) is 5.75 Å². The summed E-state index contributed by atoms with van der Waals surface area (Å²) in [7, 11) is 3.15. The monoisotopic (exact) mass is 491 g/mol. The van der Waals surface area contributed by atoms with Gasteiger partial charge in [-0.1, -0.05) is 12.1 Å². The van der Waals surface area contributed by atoms with Crippen molar-refractivity contribution in [3.8, 4) is 11.8 Å². The summed E-state index contributed by atoms with van der Waals surface area (Å²) < 4.78 is 21.8. The molecule has 0 saturated heterocycles. The van der Waals surface area contributed by atoms with Crippen LogP contribution in [0.3, 0.4) is 0 Å². The zero-order chi connectivity index (χ0) is 26.1. The van der Waals surface area contributed by atoms with Crippen molar-refractivity contribution in [2.24, 2.45) is 14.1 Å². The van der Waals surface area contributed by atoms with Gasteiger partial charge in [0.2, 0.25) is 5.75 Å². The van der Waals surface area contributed by atoms with Gasteiger partial charge in [0.05, 0.1) is 23.5 Å². The van der Waals surface area contributed by atoms with Gasteiger partial charge in [-0.3, -0.25) is 18.8 Å². The molecule has 3 heterocycles. The fourth-order valence-corrected chi connectivity index (χ4v) is 4.10. The number of amides is 1. The van der Waals surface area contributed by atoms with Crippen LogP contribution in [-0.2, 0) is 14.1 Å². The first-order valence-electron chi connectivity index (χ1n) is 10.8. The molecule has 0 unspecified atom stereocenters. The van der Waals surface area contributed by atoms with E-state index in [1.54, 1.807) is 24.7 Å². The Hall–Kier alpha value is -4.79. The van der Waals surface area contributed by atoms with Crippen LogP contribution in [0.4, 0.5) is 10.1 Å². The van der Waals surface area contributed by atoms with Crippen LogP contribution in [0.25, 0.3) is 0 Å². The van der Waals surface area contributed by atoms with Gasteiger partial charge in [0.15, 0.2) is 5.69 Å². The van der Waals surface area contributed by atoms with E-state index in [0.717, 1.165) is 10.3 Å². The highest BCUT2D eigenvalue weighted by molar-refractivity contribution is 6.04. The largest absolute Gasteiger partial charge is 0.501 e. The smallest absolute Gasteiger partial charge is 0.296 e. The van der Waals surface area contributed by atoms with Gasteiger partial charge in [-0.15, -0.1) is 0 Å². The third-order valence-corrected chi connectivity index (χ3v) is 6.03. The minimum absolute atomic E-state index is 0.120. The van der Waals surface area contributed by atoms with Gasteiger partial charge < -0.3 is 14.9 Å². The van der Waals surface area contributed by atoms with Crippen LogP contribution in [0.2, 0.25) is 0 Å². The van der Waals surface area contributed by atoms with Crippen LogP contribution in [0, 0.1) is 24.1 Å². The Kier molecular flexibility index (Phi) is 6.39. The normalized spacial score (nSPS) is 12.7. The van der Waals surface area contributed by atoms with E-state index in [-0.39, 0.29) is 17.1 Å². The van der Waals surface area contributed by atoms with E-state index in [2.05, 4.69) is 31.1 Å². The fraction of sp³-hybridized carbons (Fsp3) is 0.250. The molecule has 4 rings (SSSR count). The Bertz CT molecular complexity index is 1530. The number of aromatic nitrogens is 5. The van der Waals surface area contributed by atoms with Crippen molar-refractivity contribution in [3.63, 3.8) is 0 Å². The minimum atomic E-state index is -0.851. The van der Waals surface area contributed by atoms with E-state index in [1.165, 1.54) is 37.7 Å². The topological polar surface area (TPSA) is 152 Å².